The van der Waals surface area contributed by atoms with Gasteiger partial charge in [0.1, 0.15) is 0 Å². The summed E-state index contributed by atoms with van der Waals surface area (Å²) in [7, 11) is -3.43. The van der Waals surface area contributed by atoms with Crippen LogP contribution in [0.4, 0.5) is 4.79 Å². The summed E-state index contributed by atoms with van der Waals surface area (Å²) in [5.41, 5.74) is -0.176. The maximum Gasteiger partial charge on any atom is 0.407 e. The molecule has 6 nitrogen and oxygen atoms in total. The van der Waals surface area contributed by atoms with Crippen LogP contribution in [0.25, 0.3) is 0 Å². The molecule has 0 aromatic rings. The molecule has 7 heteroatoms. The van der Waals surface area contributed by atoms with Gasteiger partial charge < -0.3 is 10.0 Å². The van der Waals surface area contributed by atoms with E-state index < -0.39 is 16.2 Å². The standard InChI is InChI=1S/C12H23NO5S/c1-12(2,3)10-9(5-7-13(10)11(14)15)6-8-18-19(4,16)17/h9-10H,5-8H2,1-4H3,(H,14,15)/t9?,10-/m1/s1. The van der Waals surface area contributed by atoms with Crippen molar-refractivity contribution in [3.63, 3.8) is 0 Å². The van der Waals surface area contributed by atoms with Crippen molar-refractivity contribution < 1.29 is 22.5 Å². The Morgan fingerprint density at radius 2 is 2.00 bits per heavy atom. The second-order valence-corrected chi connectivity index (χ2v) is 7.79. The summed E-state index contributed by atoms with van der Waals surface area (Å²) in [5.74, 6) is 0.137. The normalized spacial score (nSPS) is 24.7. The molecule has 0 saturated carbocycles. The molecule has 1 heterocycles. The number of carboxylic acid groups (broad SMARTS) is 1. The molecule has 0 aromatic heterocycles. The maximum atomic E-state index is 11.2. The Morgan fingerprint density at radius 1 is 1.42 bits per heavy atom. The van der Waals surface area contributed by atoms with Gasteiger partial charge in [-0.2, -0.15) is 8.42 Å². The molecule has 1 rings (SSSR count). The van der Waals surface area contributed by atoms with Gasteiger partial charge in [0.2, 0.25) is 0 Å². The predicted octanol–water partition coefficient (Wildman–Crippen LogP) is 1.77. The number of likely N-dealkylation sites (tertiary alicyclic amines) is 1. The molecule has 0 spiro atoms. The van der Waals surface area contributed by atoms with Crippen molar-refractivity contribution in [3.05, 3.63) is 0 Å². The summed E-state index contributed by atoms with van der Waals surface area (Å²) >= 11 is 0. The van der Waals surface area contributed by atoms with Crippen LogP contribution in [-0.2, 0) is 14.3 Å². The lowest BCUT2D eigenvalue weighted by Gasteiger charge is -2.37. The molecule has 0 aromatic carbocycles. The van der Waals surface area contributed by atoms with Crippen molar-refractivity contribution in [2.45, 2.75) is 39.7 Å². The Bertz CT molecular complexity index is 426. The summed E-state index contributed by atoms with van der Waals surface area (Å²) in [5, 5.41) is 9.22. The smallest absolute Gasteiger partial charge is 0.407 e. The zero-order chi connectivity index (χ0) is 14.8. The highest BCUT2D eigenvalue weighted by atomic mass is 32.2. The molecule has 1 amide bonds. The number of nitrogens with zero attached hydrogens (tertiary/aromatic N) is 1. The van der Waals surface area contributed by atoms with E-state index in [-0.39, 0.29) is 24.0 Å². The van der Waals surface area contributed by atoms with Crippen LogP contribution in [0.5, 0.6) is 0 Å². The Balaban J connectivity index is 2.70. The molecule has 1 aliphatic rings. The van der Waals surface area contributed by atoms with Crippen molar-refractivity contribution in [1.29, 1.82) is 0 Å². The number of amides is 1. The predicted molar refractivity (Wildman–Crippen MR) is 71.5 cm³/mol. The Kier molecular flexibility index (Phi) is 4.84. The first-order chi connectivity index (χ1) is 8.52. The zero-order valence-corrected chi connectivity index (χ0v) is 12.7. The monoisotopic (exact) mass is 293 g/mol. The van der Waals surface area contributed by atoms with Crippen LogP contribution in [0.3, 0.4) is 0 Å². The van der Waals surface area contributed by atoms with Crippen molar-refractivity contribution in [2.24, 2.45) is 11.3 Å². The summed E-state index contributed by atoms with van der Waals surface area (Å²) in [6.45, 7) is 6.63. The molecular formula is C12H23NO5S. The Labute approximate surface area is 114 Å². The van der Waals surface area contributed by atoms with E-state index in [1.165, 1.54) is 4.90 Å². The molecule has 0 aliphatic carbocycles. The molecule has 1 N–H and O–H groups in total. The van der Waals surface area contributed by atoms with Crippen LogP contribution >= 0.6 is 0 Å². The van der Waals surface area contributed by atoms with E-state index >= 15 is 0 Å². The molecular weight excluding hydrogens is 270 g/mol. The fraction of sp³-hybridized carbons (Fsp3) is 0.917. The van der Waals surface area contributed by atoms with E-state index in [9.17, 15) is 18.3 Å². The van der Waals surface area contributed by atoms with E-state index in [0.29, 0.717) is 13.0 Å². The molecule has 112 valence electrons. The summed E-state index contributed by atoms with van der Waals surface area (Å²) in [6.07, 6.45) is 1.42. The minimum atomic E-state index is -3.43. The second kappa shape index (κ2) is 5.66. The molecule has 1 aliphatic heterocycles. The van der Waals surface area contributed by atoms with E-state index in [0.717, 1.165) is 12.7 Å². The third-order valence-electron chi connectivity index (χ3n) is 3.44. The fourth-order valence-electron chi connectivity index (χ4n) is 2.90. The molecule has 0 bridgehead atoms. The van der Waals surface area contributed by atoms with Gasteiger partial charge in [0.25, 0.3) is 10.1 Å². The molecule has 1 fully saturated rings. The van der Waals surface area contributed by atoms with Crippen LogP contribution in [0.2, 0.25) is 0 Å². The van der Waals surface area contributed by atoms with Crippen LogP contribution < -0.4 is 0 Å². The van der Waals surface area contributed by atoms with E-state index in [1.807, 2.05) is 20.8 Å². The average molecular weight is 293 g/mol. The summed E-state index contributed by atoms with van der Waals surface area (Å²) in [4.78, 5) is 12.7. The summed E-state index contributed by atoms with van der Waals surface area (Å²) in [6, 6.07) is -0.104. The van der Waals surface area contributed by atoms with Crippen molar-refractivity contribution in [3.8, 4) is 0 Å². The van der Waals surface area contributed by atoms with E-state index in [1.54, 1.807) is 0 Å². The van der Waals surface area contributed by atoms with Crippen LogP contribution in [0.15, 0.2) is 0 Å². The first kappa shape index (κ1) is 16.2. The van der Waals surface area contributed by atoms with Crippen LogP contribution in [0, 0.1) is 11.3 Å². The molecule has 1 saturated heterocycles. The first-order valence-electron chi connectivity index (χ1n) is 6.36. The van der Waals surface area contributed by atoms with Crippen molar-refractivity contribution in [2.75, 3.05) is 19.4 Å². The van der Waals surface area contributed by atoms with Gasteiger partial charge in [-0.1, -0.05) is 20.8 Å². The highest BCUT2D eigenvalue weighted by Gasteiger charge is 2.43. The minimum Gasteiger partial charge on any atom is -0.465 e. The third-order valence-corrected chi connectivity index (χ3v) is 4.04. The number of rotatable bonds is 4. The highest BCUT2D eigenvalue weighted by Crippen LogP contribution is 2.38. The molecule has 2 atom stereocenters. The van der Waals surface area contributed by atoms with Gasteiger partial charge in [-0.3, -0.25) is 4.18 Å². The van der Waals surface area contributed by atoms with Crippen molar-refractivity contribution in [1.82, 2.24) is 4.90 Å². The lowest BCUT2D eigenvalue weighted by Crippen LogP contribution is -2.45. The summed E-state index contributed by atoms with van der Waals surface area (Å²) < 4.78 is 26.6. The lowest BCUT2D eigenvalue weighted by atomic mass is 9.78. The van der Waals surface area contributed by atoms with Crippen molar-refractivity contribution >= 4 is 16.2 Å². The lowest BCUT2D eigenvalue weighted by molar-refractivity contribution is 0.0861. The topological polar surface area (TPSA) is 83.9 Å². The average Bonchev–Trinajstić information content (AvgIpc) is 2.58. The first-order valence-corrected chi connectivity index (χ1v) is 8.18. The largest absolute Gasteiger partial charge is 0.465 e. The quantitative estimate of drug-likeness (QED) is 0.799. The van der Waals surface area contributed by atoms with Gasteiger partial charge in [0, 0.05) is 12.6 Å². The van der Waals surface area contributed by atoms with Gasteiger partial charge in [0.05, 0.1) is 12.9 Å². The zero-order valence-electron chi connectivity index (χ0n) is 11.9. The van der Waals surface area contributed by atoms with Gasteiger partial charge >= 0.3 is 6.09 Å². The fourth-order valence-corrected chi connectivity index (χ4v) is 3.30. The Morgan fingerprint density at radius 3 is 2.42 bits per heavy atom. The minimum absolute atomic E-state index is 0.104. The second-order valence-electron chi connectivity index (χ2n) is 6.15. The van der Waals surface area contributed by atoms with E-state index in [2.05, 4.69) is 0 Å². The number of hydrogen-bond donors (Lipinski definition) is 1. The van der Waals surface area contributed by atoms with Gasteiger partial charge in [0.15, 0.2) is 0 Å². The highest BCUT2D eigenvalue weighted by molar-refractivity contribution is 7.85. The van der Waals surface area contributed by atoms with Crippen LogP contribution in [0.1, 0.15) is 33.6 Å². The maximum absolute atomic E-state index is 11.2. The van der Waals surface area contributed by atoms with E-state index in [4.69, 9.17) is 4.18 Å². The third kappa shape index (κ3) is 4.65. The van der Waals surface area contributed by atoms with Gasteiger partial charge in [-0.05, 0) is 24.2 Å². The Hall–Kier alpha value is -0.820. The van der Waals surface area contributed by atoms with Gasteiger partial charge in [-0.15, -0.1) is 0 Å². The molecule has 0 radical (unpaired) electrons. The van der Waals surface area contributed by atoms with Crippen LogP contribution in [-0.4, -0.2) is 50.0 Å². The molecule has 1 unspecified atom stereocenters. The number of hydrogen-bond acceptors (Lipinski definition) is 4. The molecule has 19 heavy (non-hydrogen) atoms. The van der Waals surface area contributed by atoms with Gasteiger partial charge in [-0.25, -0.2) is 4.79 Å². The SMILES string of the molecule is CC(C)(C)[C@H]1C(CCOS(C)(=O)=O)CCN1C(=O)O. The number of carbonyl (C=O) groups is 1.